The maximum absolute atomic E-state index is 12.8. The lowest BCUT2D eigenvalue weighted by Gasteiger charge is -2.30. The smallest absolute Gasteiger partial charge is 0.232 e. The summed E-state index contributed by atoms with van der Waals surface area (Å²) in [5.74, 6) is 0.487. The second kappa shape index (κ2) is 9.05. The molecule has 2 aromatic rings. The Morgan fingerprint density at radius 2 is 2.00 bits per heavy atom. The van der Waals surface area contributed by atoms with Gasteiger partial charge in [0.15, 0.2) is 0 Å². The highest BCUT2D eigenvalue weighted by atomic mass is 35.5. The molecule has 0 spiro atoms. The molecule has 0 radical (unpaired) electrons. The van der Waals surface area contributed by atoms with Crippen LogP contribution in [-0.4, -0.2) is 40.8 Å². The van der Waals surface area contributed by atoms with Gasteiger partial charge in [-0.15, -0.1) is 0 Å². The Kier molecular flexibility index (Phi) is 6.70. The van der Waals surface area contributed by atoms with Crippen molar-refractivity contribution < 1.29 is 17.9 Å². The van der Waals surface area contributed by atoms with Gasteiger partial charge in [0.25, 0.3) is 0 Å². The predicted octanol–water partition coefficient (Wildman–Crippen LogP) is 3.87. The van der Waals surface area contributed by atoms with Crippen LogP contribution in [0.15, 0.2) is 42.5 Å². The van der Waals surface area contributed by atoms with Crippen molar-refractivity contribution in [2.45, 2.75) is 25.7 Å². The fourth-order valence-corrected chi connectivity index (χ4v) is 4.81. The number of benzene rings is 2. The van der Waals surface area contributed by atoms with Gasteiger partial charge in [-0.2, -0.15) is 0 Å². The Labute approximate surface area is 177 Å². The van der Waals surface area contributed by atoms with E-state index in [9.17, 15) is 13.2 Å². The average Bonchev–Trinajstić information content (AvgIpc) is 2.69. The number of aryl methyl sites for hydroxylation is 1. The van der Waals surface area contributed by atoms with Crippen LogP contribution in [0.3, 0.4) is 0 Å². The third-order valence-electron chi connectivity index (χ3n) is 4.99. The molecule has 0 N–H and O–H groups in total. The number of carbonyl (C=O) groups excluding carboxylic acids is 1. The number of nitrogens with zero attached hydrogens (tertiary/aromatic N) is 2. The minimum Gasteiger partial charge on any atom is -0.495 e. The number of hydrogen-bond donors (Lipinski definition) is 0. The lowest BCUT2D eigenvalue weighted by Crippen LogP contribution is -2.36. The van der Waals surface area contributed by atoms with E-state index < -0.39 is 10.0 Å². The van der Waals surface area contributed by atoms with E-state index >= 15 is 0 Å². The van der Waals surface area contributed by atoms with Crippen LogP contribution in [0, 0.1) is 0 Å². The first kappa shape index (κ1) is 21.5. The number of sulfonamides is 1. The summed E-state index contributed by atoms with van der Waals surface area (Å²) in [6.07, 6.45) is 3.73. The summed E-state index contributed by atoms with van der Waals surface area (Å²) < 4.78 is 31.0. The Bertz CT molecular complexity index is 994. The Morgan fingerprint density at radius 3 is 2.69 bits per heavy atom. The van der Waals surface area contributed by atoms with Crippen molar-refractivity contribution in [1.29, 1.82) is 0 Å². The molecule has 0 saturated carbocycles. The monoisotopic (exact) mass is 436 g/mol. The Morgan fingerprint density at radius 1 is 1.24 bits per heavy atom. The fourth-order valence-electron chi connectivity index (χ4n) is 3.60. The van der Waals surface area contributed by atoms with Crippen molar-refractivity contribution >= 4 is 38.9 Å². The van der Waals surface area contributed by atoms with Gasteiger partial charge in [-0.05, 0) is 49.1 Å². The molecule has 0 bridgehead atoms. The third-order valence-corrected chi connectivity index (χ3v) is 6.48. The quantitative estimate of drug-likeness (QED) is 0.660. The molecule has 0 fully saturated rings. The molecule has 8 heteroatoms. The van der Waals surface area contributed by atoms with Crippen molar-refractivity contribution in [1.82, 2.24) is 0 Å². The molecule has 0 aromatic heterocycles. The van der Waals surface area contributed by atoms with Gasteiger partial charge < -0.3 is 9.64 Å². The maximum Gasteiger partial charge on any atom is 0.232 e. The SMILES string of the molecule is COc1ccc(N(CCCC(=O)N2CCCc3ccccc32)S(C)(=O)=O)cc1Cl. The van der Waals surface area contributed by atoms with Crippen molar-refractivity contribution in [2.75, 3.05) is 35.7 Å². The molecule has 0 saturated heterocycles. The second-order valence-corrected chi connectivity index (χ2v) is 9.35. The zero-order valence-corrected chi connectivity index (χ0v) is 18.2. The molecular formula is C21H25ClN2O4S. The molecular weight excluding hydrogens is 412 g/mol. The maximum atomic E-state index is 12.8. The highest BCUT2D eigenvalue weighted by molar-refractivity contribution is 7.92. The number of carbonyl (C=O) groups is 1. The molecule has 3 rings (SSSR count). The topological polar surface area (TPSA) is 66.9 Å². The van der Waals surface area contributed by atoms with Crippen LogP contribution < -0.4 is 13.9 Å². The molecule has 0 unspecified atom stereocenters. The summed E-state index contributed by atoms with van der Waals surface area (Å²) in [5.41, 5.74) is 2.59. The molecule has 29 heavy (non-hydrogen) atoms. The number of fused-ring (bicyclic) bond motifs is 1. The minimum atomic E-state index is -3.52. The van der Waals surface area contributed by atoms with Gasteiger partial charge in [0.1, 0.15) is 5.75 Å². The van der Waals surface area contributed by atoms with E-state index in [4.69, 9.17) is 16.3 Å². The first-order valence-corrected chi connectivity index (χ1v) is 11.7. The highest BCUT2D eigenvalue weighted by Crippen LogP contribution is 2.31. The van der Waals surface area contributed by atoms with Crippen molar-refractivity contribution in [3.63, 3.8) is 0 Å². The molecule has 1 heterocycles. The zero-order chi connectivity index (χ0) is 21.0. The average molecular weight is 437 g/mol. The van der Waals surface area contributed by atoms with Gasteiger partial charge in [0, 0.05) is 25.2 Å². The molecule has 0 aliphatic carbocycles. The first-order valence-electron chi connectivity index (χ1n) is 9.51. The molecule has 0 atom stereocenters. The largest absolute Gasteiger partial charge is 0.495 e. The van der Waals surface area contributed by atoms with Gasteiger partial charge in [-0.25, -0.2) is 8.42 Å². The van der Waals surface area contributed by atoms with Crippen molar-refractivity contribution in [3.8, 4) is 5.75 Å². The molecule has 6 nitrogen and oxygen atoms in total. The number of methoxy groups -OCH3 is 1. The number of rotatable bonds is 7. The summed E-state index contributed by atoms with van der Waals surface area (Å²) >= 11 is 6.15. The lowest BCUT2D eigenvalue weighted by molar-refractivity contribution is -0.118. The molecule has 1 amide bonds. The Balaban J connectivity index is 1.68. The van der Waals surface area contributed by atoms with E-state index in [2.05, 4.69) is 0 Å². The highest BCUT2D eigenvalue weighted by Gasteiger charge is 2.23. The van der Waals surface area contributed by atoms with Crippen LogP contribution in [0.2, 0.25) is 5.02 Å². The summed E-state index contributed by atoms with van der Waals surface area (Å²) in [5, 5.41) is 0.333. The third kappa shape index (κ3) is 5.03. The standard InChI is InChI=1S/C21H25ClN2O4S/c1-28-20-12-11-17(15-18(20)22)24(29(2,26)27)14-6-10-21(25)23-13-5-8-16-7-3-4-9-19(16)23/h3-4,7,9,11-12,15H,5-6,8,10,13-14H2,1-2H3. The number of ether oxygens (including phenoxy) is 1. The van der Waals surface area contributed by atoms with Crippen LogP contribution in [-0.2, 0) is 21.2 Å². The molecule has 2 aromatic carbocycles. The van der Waals surface area contributed by atoms with Crippen molar-refractivity contribution in [2.24, 2.45) is 0 Å². The number of amides is 1. The van der Waals surface area contributed by atoms with Crippen molar-refractivity contribution in [3.05, 3.63) is 53.1 Å². The minimum absolute atomic E-state index is 0.0124. The number of halogens is 1. The molecule has 1 aliphatic heterocycles. The normalized spacial score (nSPS) is 13.7. The van der Waals surface area contributed by atoms with Gasteiger partial charge in [-0.1, -0.05) is 29.8 Å². The number of hydrogen-bond acceptors (Lipinski definition) is 4. The van der Waals surface area contributed by atoms with Gasteiger partial charge in [0.2, 0.25) is 15.9 Å². The number of para-hydroxylation sites is 1. The lowest BCUT2D eigenvalue weighted by atomic mass is 10.0. The van der Waals surface area contributed by atoms with Crippen LogP contribution >= 0.6 is 11.6 Å². The molecule has 156 valence electrons. The zero-order valence-electron chi connectivity index (χ0n) is 16.6. The van der Waals surface area contributed by atoms with Gasteiger partial charge in [-0.3, -0.25) is 9.10 Å². The summed E-state index contributed by atoms with van der Waals surface area (Å²) in [6.45, 7) is 0.891. The first-order chi connectivity index (χ1) is 13.8. The Hall–Kier alpha value is -2.25. The van der Waals surface area contributed by atoms with E-state index in [1.54, 1.807) is 18.2 Å². The van der Waals surface area contributed by atoms with E-state index in [1.165, 1.54) is 17.0 Å². The van der Waals surface area contributed by atoms with E-state index in [0.717, 1.165) is 24.8 Å². The van der Waals surface area contributed by atoms with E-state index in [-0.39, 0.29) is 18.9 Å². The number of anilines is 2. The van der Waals surface area contributed by atoms with E-state index in [1.807, 2.05) is 29.2 Å². The molecule has 1 aliphatic rings. The van der Waals surface area contributed by atoms with Crippen LogP contribution in [0.25, 0.3) is 0 Å². The summed E-state index contributed by atoms with van der Waals surface area (Å²) in [4.78, 5) is 14.6. The predicted molar refractivity (Wildman–Crippen MR) is 117 cm³/mol. The van der Waals surface area contributed by atoms with Gasteiger partial charge in [0.05, 0.1) is 24.1 Å². The fraction of sp³-hybridized carbons (Fsp3) is 0.381. The summed E-state index contributed by atoms with van der Waals surface area (Å²) in [7, 11) is -2.02. The summed E-state index contributed by atoms with van der Waals surface area (Å²) in [6, 6.07) is 12.8. The van der Waals surface area contributed by atoms with Gasteiger partial charge >= 0.3 is 0 Å². The van der Waals surface area contributed by atoms with Crippen LogP contribution in [0.5, 0.6) is 5.75 Å². The second-order valence-electron chi connectivity index (χ2n) is 7.04. The van der Waals surface area contributed by atoms with Crippen LogP contribution in [0.4, 0.5) is 11.4 Å². The van der Waals surface area contributed by atoms with E-state index in [0.29, 0.717) is 29.4 Å². The van der Waals surface area contributed by atoms with Crippen LogP contribution in [0.1, 0.15) is 24.8 Å².